The van der Waals surface area contributed by atoms with Gasteiger partial charge in [0.25, 0.3) is 17.5 Å². The molecular weight excluding hydrogens is 473 g/mol. The minimum Gasteiger partial charge on any atom is -0.506 e. The van der Waals surface area contributed by atoms with Gasteiger partial charge in [-0.25, -0.2) is 0 Å². The molecule has 33 heavy (non-hydrogen) atoms. The molecule has 0 unspecified atom stereocenters. The summed E-state index contributed by atoms with van der Waals surface area (Å²) in [4.78, 5) is 30.5. The number of phenolic OH excluding ortho intramolecular Hbond substituents is 1. The van der Waals surface area contributed by atoms with E-state index in [-0.39, 0.29) is 44.2 Å². The van der Waals surface area contributed by atoms with E-state index in [1.54, 1.807) is 12.1 Å². The number of benzene rings is 2. The molecule has 4 aromatic rings. The van der Waals surface area contributed by atoms with E-state index in [0.29, 0.717) is 20.8 Å². The van der Waals surface area contributed by atoms with E-state index in [9.17, 15) is 30.0 Å². The maximum Gasteiger partial charge on any atom is 0.286 e. The van der Waals surface area contributed by atoms with Crippen molar-refractivity contribution in [2.45, 2.75) is 17.9 Å². The van der Waals surface area contributed by atoms with Gasteiger partial charge in [-0.15, -0.1) is 0 Å². The average molecular weight is 488 g/mol. The van der Waals surface area contributed by atoms with E-state index >= 15 is 0 Å². The van der Waals surface area contributed by atoms with Gasteiger partial charge in [0.2, 0.25) is 5.60 Å². The van der Waals surface area contributed by atoms with Crippen LogP contribution < -0.4 is 0 Å². The standard InChI is InChI=1S/C22H15Cl2N3O6/c1-26-19(30)21(32)16-10-4-8(23)2-3-13(10)25-17(16)18-11(7-28)9-5-15(29)12(24)6-14(9)27(18)22(21,33)20(26)31/h2-6,25,28-29,32-33H,7H2,1H3/t21-,22+/m1/s1. The molecule has 9 nitrogen and oxygen atoms in total. The van der Waals surface area contributed by atoms with Crippen molar-refractivity contribution in [3.05, 3.63) is 51.5 Å². The van der Waals surface area contributed by atoms with E-state index in [0.717, 1.165) is 11.6 Å². The van der Waals surface area contributed by atoms with Crippen LogP contribution >= 0.6 is 23.2 Å². The molecule has 2 aromatic heterocycles. The fourth-order valence-corrected chi connectivity index (χ4v) is 5.58. The number of likely N-dealkylation sites (tertiary alicyclic amines) is 1. The number of halogens is 2. The number of amides is 2. The zero-order valence-corrected chi connectivity index (χ0v) is 18.4. The third-order valence-corrected chi connectivity index (χ3v) is 7.24. The molecule has 1 saturated heterocycles. The first-order valence-corrected chi connectivity index (χ1v) is 10.6. The number of hydrogen-bond acceptors (Lipinski definition) is 6. The van der Waals surface area contributed by atoms with E-state index in [1.165, 1.54) is 18.2 Å². The quantitative estimate of drug-likeness (QED) is 0.260. The molecule has 11 heteroatoms. The lowest BCUT2D eigenvalue weighted by Gasteiger charge is -2.40. The van der Waals surface area contributed by atoms with Crippen molar-refractivity contribution in [2.75, 3.05) is 7.05 Å². The molecule has 168 valence electrons. The summed E-state index contributed by atoms with van der Waals surface area (Å²) in [6, 6.07) is 7.35. The van der Waals surface area contributed by atoms with Crippen molar-refractivity contribution in [3.63, 3.8) is 0 Å². The predicted molar refractivity (Wildman–Crippen MR) is 119 cm³/mol. The van der Waals surface area contributed by atoms with Crippen LogP contribution in [-0.4, -0.2) is 53.7 Å². The molecule has 1 fully saturated rings. The number of nitrogens with one attached hydrogen (secondary N) is 1. The SMILES string of the molecule is CN1C(=O)[C@@]2(O)n3c(c(CO)c4cc(O)c(Cl)cc43)-c3[nH]c4ccc(Cl)cc4c3[C@@]2(O)C1=O. The van der Waals surface area contributed by atoms with Crippen molar-refractivity contribution in [1.82, 2.24) is 14.5 Å². The summed E-state index contributed by atoms with van der Waals surface area (Å²) < 4.78 is 1.10. The smallest absolute Gasteiger partial charge is 0.286 e. The molecule has 2 aromatic carbocycles. The van der Waals surface area contributed by atoms with E-state index in [4.69, 9.17) is 23.2 Å². The molecule has 6 rings (SSSR count). The molecule has 2 atom stereocenters. The Morgan fingerprint density at radius 2 is 1.79 bits per heavy atom. The monoisotopic (exact) mass is 487 g/mol. The van der Waals surface area contributed by atoms with Crippen molar-refractivity contribution >= 4 is 56.8 Å². The number of carbonyl (C=O) groups is 2. The number of aromatic hydroxyl groups is 1. The molecule has 0 bridgehead atoms. The average Bonchev–Trinajstić information content (AvgIpc) is 3.35. The van der Waals surface area contributed by atoms with Crippen LogP contribution in [0.2, 0.25) is 10.0 Å². The Bertz CT molecular complexity index is 1590. The highest BCUT2D eigenvalue weighted by atomic mass is 35.5. The third-order valence-electron chi connectivity index (χ3n) is 6.70. The number of aliphatic hydroxyl groups excluding tert-OH is 1. The van der Waals surface area contributed by atoms with Crippen LogP contribution in [0, 0.1) is 0 Å². The first-order valence-electron chi connectivity index (χ1n) is 9.83. The Hall–Kier alpha value is -3.08. The van der Waals surface area contributed by atoms with Gasteiger partial charge in [0.15, 0.2) is 0 Å². The lowest BCUT2D eigenvalue weighted by Crippen LogP contribution is -2.58. The number of nitrogens with zero attached hydrogens (tertiary/aromatic N) is 2. The molecule has 2 aliphatic rings. The molecule has 5 N–H and O–H groups in total. The largest absolute Gasteiger partial charge is 0.506 e. The summed E-state index contributed by atoms with van der Waals surface area (Å²) in [7, 11) is 1.16. The van der Waals surface area contributed by atoms with E-state index in [1.807, 2.05) is 0 Å². The van der Waals surface area contributed by atoms with Crippen LogP contribution in [0.15, 0.2) is 30.3 Å². The van der Waals surface area contributed by atoms with Crippen molar-refractivity contribution in [2.24, 2.45) is 0 Å². The summed E-state index contributed by atoms with van der Waals surface area (Å²) >= 11 is 12.3. The lowest BCUT2D eigenvalue weighted by atomic mass is 9.79. The van der Waals surface area contributed by atoms with Crippen LogP contribution in [0.25, 0.3) is 33.2 Å². The Kier molecular flexibility index (Phi) is 3.78. The Balaban J connectivity index is 1.93. The fraction of sp³-hybridized carbons (Fsp3) is 0.182. The zero-order chi connectivity index (χ0) is 23.6. The molecule has 0 aliphatic carbocycles. The number of phenols is 1. The van der Waals surface area contributed by atoms with Gasteiger partial charge in [-0.2, -0.15) is 0 Å². The highest BCUT2D eigenvalue weighted by Gasteiger charge is 2.74. The van der Waals surface area contributed by atoms with Gasteiger partial charge < -0.3 is 25.4 Å². The van der Waals surface area contributed by atoms with Gasteiger partial charge in [0, 0.05) is 39.5 Å². The topological polar surface area (TPSA) is 139 Å². The van der Waals surface area contributed by atoms with Crippen LogP contribution in [0.4, 0.5) is 0 Å². The lowest BCUT2D eigenvalue weighted by molar-refractivity contribution is -0.193. The van der Waals surface area contributed by atoms with Crippen LogP contribution in [0.3, 0.4) is 0 Å². The number of aliphatic hydroxyl groups is 3. The number of carbonyl (C=O) groups excluding carboxylic acids is 2. The van der Waals surface area contributed by atoms with Gasteiger partial charge in [0.05, 0.1) is 28.5 Å². The molecule has 4 heterocycles. The summed E-state index contributed by atoms with van der Waals surface area (Å²) in [5.41, 5.74) is -4.30. The Labute approximate surface area is 195 Å². The van der Waals surface area contributed by atoms with E-state index in [2.05, 4.69) is 4.98 Å². The number of H-pyrrole nitrogens is 1. The fourth-order valence-electron chi connectivity index (χ4n) is 5.25. The minimum atomic E-state index is -2.80. The van der Waals surface area contributed by atoms with Crippen molar-refractivity contribution in [3.8, 4) is 17.1 Å². The maximum absolute atomic E-state index is 13.4. The second-order valence-electron chi connectivity index (χ2n) is 8.26. The highest BCUT2D eigenvalue weighted by molar-refractivity contribution is 6.33. The molecule has 0 saturated carbocycles. The summed E-state index contributed by atoms with van der Waals surface area (Å²) in [6.07, 6.45) is 0. The summed E-state index contributed by atoms with van der Waals surface area (Å²) in [6.45, 7) is -0.540. The second kappa shape index (κ2) is 6.07. The van der Waals surface area contributed by atoms with Gasteiger partial charge >= 0.3 is 0 Å². The maximum atomic E-state index is 13.4. The predicted octanol–water partition coefficient (Wildman–Crippen LogP) is 2.14. The number of aromatic nitrogens is 2. The second-order valence-corrected chi connectivity index (χ2v) is 9.10. The molecular formula is C22H15Cl2N3O6. The highest BCUT2D eigenvalue weighted by Crippen LogP contribution is 2.58. The molecule has 2 amide bonds. The summed E-state index contributed by atoms with van der Waals surface area (Å²) in [5, 5.41) is 45.2. The Morgan fingerprint density at radius 3 is 2.48 bits per heavy atom. The first kappa shape index (κ1) is 20.5. The zero-order valence-electron chi connectivity index (χ0n) is 16.8. The number of hydrogen-bond donors (Lipinski definition) is 5. The van der Waals surface area contributed by atoms with Gasteiger partial charge in [-0.3, -0.25) is 19.1 Å². The normalized spacial score (nSPS) is 24.0. The number of aromatic amines is 1. The van der Waals surface area contributed by atoms with Crippen LogP contribution in [0.1, 0.15) is 11.1 Å². The number of fused-ring (bicyclic) bond motifs is 10. The molecule has 2 aliphatic heterocycles. The summed E-state index contributed by atoms with van der Waals surface area (Å²) in [5.74, 6) is -2.37. The van der Waals surface area contributed by atoms with Crippen molar-refractivity contribution in [1.29, 1.82) is 0 Å². The first-order chi connectivity index (χ1) is 15.6. The van der Waals surface area contributed by atoms with Crippen molar-refractivity contribution < 1.29 is 30.0 Å². The molecule has 0 spiro atoms. The van der Waals surface area contributed by atoms with Crippen LogP contribution in [-0.2, 0) is 27.5 Å². The number of rotatable bonds is 1. The van der Waals surface area contributed by atoms with Gasteiger partial charge in [0.1, 0.15) is 5.75 Å². The van der Waals surface area contributed by atoms with Gasteiger partial charge in [-0.05, 0) is 30.3 Å². The minimum absolute atomic E-state index is 0.0366. The Morgan fingerprint density at radius 1 is 1.06 bits per heavy atom. The van der Waals surface area contributed by atoms with Gasteiger partial charge in [-0.1, -0.05) is 23.2 Å². The molecule has 0 radical (unpaired) electrons. The van der Waals surface area contributed by atoms with E-state index < -0.39 is 29.7 Å². The van der Waals surface area contributed by atoms with Crippen LogP contribution in [0.5, 0.6) is 5.75 Å². The number of likely N-dealkylation sites (N-methyl/N-ethyl adjacent to an activating group) is 1. The number of imide groups is 1. The third kappa shape index (κ3) is 2.06.